The van der Waals surface area contributed by atoms with Crippen LogP contribution >= 0.6 is 11.8 Å². The quantitative estimate of drug-likeness (QED) is 0.462. The molecular weight excluding hydrogens is 342 g/mol. The second-order valence-corrected chi connectivity index (χ2v) is 6.89. The monoisotopic (exact) mass is 361 g/mol. The maximum absolute atomic E-state index is 12.2. The lowest BCUT2D eigenvalue weighted by Gasteiger charge is -2.09. The van der Waals surface area contributed by atoms with Crippen molar-refractivity contribution in [3.8, 4) is 0 Å². The van der Waals surface area contributed by atoms with E-state index in [0.29, 0.717) is 17.2 Å². The number of nitrogens with one attached hydrogen (secondary N) is 1. The Balaban J connectivity index is 1.61. The summed E-state index contributed by atoms with van der Waals surface area (Å²) in [4.78, 5) is 22.5. The second-order valence-electron chi connectivity index (χ2n) is 5.95. The molecule has 9 heteroatoms. The van der Waals surface area contributed by atoms with E-state index in [-0.39, 0.29) is 17.3 Å². The maximum Gasteiger partial charge on any atom is 0.269 e. The van der Waals surface area contributed by atoms with E-state index < -0.39 is 4.92 Å². The summed E-state index contributed by atoms with van der Waals surface area (Å²) < 4.78 is 2.06. The number of aromatic nitrogens is 3. The van der Waals surface area contributed by atoms with Gasteiger partial charge in [0.25, 0.3) is 5.69 Å². The molecule has 0 aliphatic heterocycles. The molecule has 1 aromatic heterocycles. The van der Waals surface area contributed by atoms with Crippen LogP contribution in [0.15, 0.2) is 23.4 Å². The molecule has 0 radical (unpaired) electrons. The zero-order valence-corrected chi connectivity index (χ0v) is 14.9. The summed E-state index contributed by atoms with van der Waals surface area (Å²) >= 11 is 1.35. The molecule has 25 heavy (non-hydrogen) atoms. The van der Waals surface area contributed by atoms with Crippen LogP contribution in [-0.4, -0.2) is 31.3 Å². The van der Waals surface area contributed by atoms with E-state index in [2.05, 4.69) is 20.1 Å². The van der Waals surface area contributed by atoms with Crippen LogP contribution in [0, 0.1) is 17.0 Å². The SMILES string of the molecule is CCn1c(SCC(=O)Nc2ccc([N+](=O)[O-])cc2C)nnc1C1CC1. The smallest absolute Gasteiger partial charge is 0.269 e. The number of hydrogen-bond donors (Lipinski definition) is 1. The molecule has 1 amide bonds. The standard InChI is InChI=1S/C16H19N5O3S/c1-3-20-15(11-4-5-11)18-19-16(20)25-9-14(22)17-13-7-6-12(21(23)24)8-10(13)2/h6-8,11H,3-5,9H2,1-2H3,(H,17,22). The fourth-order valence-corrected chi connectivity index (χ4v) is 3.38. The molecule has 0 atom stereocenters. The van der Waals surface area contributed by atoms with Gasteiger partial charge < -0.3 is 9.88 Å². The molecule has 132 valence electrons. The maximum atomic E-state index is 12.2. The van der Waals surface area contributed by atoms with Crippen molar-refractivity contribution < 1.29 is 9.72 Å². The molecule has 0 bridgehead atoms. The van der Waals surface area contributed by atoms with Crippen molar-refractivity contribution in [3.05, 3.63) is 39.7 Å². The largest absolute Gasteiger partial charge is 0.325 e. The number of amides is 1. The van der Waals surface area contributed by atoms with Gasteiger partial charge in [-0.1, -0.05) is 11.8 Å². The van der Waals surface area contributed by atoms with Crippen LogP contribution < -0.4 is 5.32 Å². The molecule has 1 aliphatic carbocycles. The van der Waals surface area contributed by atoms with Crippen LogP contribution in [0.25, 0.3) is 0 Å². The molecule has 1 N–H and O–H groups in total. The molecule has 1 fully saturated rings. The Labute approximate surface area is 149 Å². The van der Waals surface area contributed by atoms with Gasteiger partial charge in [-0.3, -0.25) is 14.9 Å². The minimum absolute atomic E-state index is 0.00790. The van der Waals surface area contributed by atoms with E-state index >= 15 is 0 Å². The van der Waals surface area contributed by atoms with Gasteiger partial charge in [0.1, 0.15) is 5.82 Å². The highest BCUT2D eigenvalue weighted by Crippen LogP contribution is 2.40. The highest BCUT2D eigenvalue weighted by molar-refractivity contribution is 7.99. The highest BCUT2D eigenvalue weighted by Gasteiger charge is 2.30. The third-order valence-electron chi connectivity index (χ3n) is 4.03. The van der Waals surface area contributed by atoms with Crippen molar-refractivity contribution in [3.63, 3.8) is 0 Å². The number of thioether (sulfide) groups is 1. The molecule has 0 spiro atoms. The van der Waals surface area contributed by atoms with E-state index in [1.54, 1.807) is 13.0 Å². The molecule has 1 heterocycles. The Morgan fingerprint density at radius 1 is 1.44 bits per heavy atom. The molecule has 3 rings (SSSR count). The first kappa shape index (κ1) is 17.4. The van der Waals surface area contributed by atoms with E-state index in [1.807, 2.05) is 6.92 Å². The van der Waals surface area contributed by atoms with Gasteiger partial charge in [-0.15, -0.1) is 10.2 Å². The van der Waals surface area contributed by atoms with Crippen molar-refractivity contribution in [2.75, 3.05) is 11.1 Å². The number of nitro benzene ring substituents is 1. The molecule has 0 unspecified atom stereocenters. The molecule has 0 saturated heterocycles. The summed E-state index contributed by atoms with van der Waals surface area (Å²) in [6.45, 7) is 4.55. The second kappa shape index (κ2) is 7.22. The summed E-state index contributed by atoms with van der Waals surface area (Å²) in [6, 6.07) is 4.37. The Hall–Kier alpha value is -2.42. The molecule has 1 saturated carbocycles. The Kier molecular flexibility index (Phi) is 5.03. The number of benzene rings is 1. The summed E-state index contributed by atoms with van der Waals surface area (Å²) in [6.07, 6.45) is 2.31. The topological polar surface area (TPSA) is 103 Å². The number of nitrogens with zero attached hydrogens (tertiary/aromatic N) is 4. The molecule has 2 aromatic rings. The fourth-order valence-electron chi connectivity index (χ4n) is 2.57. The third kappa shape index (κ3) is 3.98. The minimum Gasteiger partial charge on any atom is -0.325 e. The summed E-state index contributed by atoms with van der Waals surface area (Å²) in [5.41, 5.74) is 1.24. The average molecular weight is 361 g/mol. The van der Waals surface area contributed by atoms with Crippen LogP contribution in [0.1, 0.15) is 37.1 Å². The Morgan fingerprint density at radius 3 is 2.80 bits per heavy atom. The highest BCUT2D eigenvalue weighted by atomic mass is 32.2. The van der Waals surface area contributed by atoms with Crippen LogP contribution in [0.4, 0.5) is 11.4 Å². The summed E-state index contributed by atoms with van der Waals surface area (Å²) in [5.74, 6) is 1.55. The first-order valence-corrected chi connectivity index (χ1v) is 9.09. The number of rotatable bonds is 7. The van der Waals surface area contributed by atoms with Gasteiger partial charge in [0.05, 0.1) is 10.7 Å². The lowest BCUT2D eigenvalue weighted by molar-refractivity contribution is -0.384. The number of anilines is 1. The lowest BCUT2D eigenvalue weighted by atomic mass is 10.2. The first-order chi connectivity index (χ1) is 12.0. The van der Waals surface area contributed by atoms with Gasteiger partial charge in [0, 0.05) is 30.3 Å². The first-order valence-electron chi connectivity index (χ1n) is 8.10. The predicted octanol–water partition coefficient (Wildman–Crippen LogP) is 3.12. The molecule has 1 aromatic carbocycles. The fraction of sp³-hybridized carbons (Fsp3) is 0.438. The Bertz CT molecular complexity index is 816. The average Bonchev–Trinajstić information content (AvgIpc) is 3.34. The van der Waals surface area contributed by atoms with Crippen molar-refractivity contribution >= 4 is 29.0 Å². The van der Waals surface area contributed by atoms with Crippen LogP contribution in [0.3, 0.4) is 0 Å². The number of nitro groups is 1. The van der Waals surface area contributed by atoms with Crippen molar-refractivity contribution in [2.45, 2.75) is 44.3 Å². The molecule has 8 nitrogen and oxygen atoms in total. The zero-order valence-electron chi connectivity index (χ0n) is 14.1. The van der Waals surface area contributed by atoms with E-state index in [0.717, 1.165) is 30.4 Å². The predicted molar refractivity (Wildman–Crippen MR) is 94.9 cm³/mol. The van der Waals surface area contributed by atoms with Crippen LogP contribution in [0.2, 0.25) is 0 Å². The van der Waals surface area contributed by atoms with Crippen molar-refractivity contribution in [1.29, 1.82) is 0 Å². The van der Waals surface area contributed by atoms with Gasteiger partial charge in [0.2, 0.25) is 5.91 Å². The normalized spacial score (nSPS) is 13.7. The number of aryl methyl sites for hydroxylation is 1. The minimum atomic E-state index is -0.455. The van der Waals surface area contributed by atoms with Gasteiger partial charge in [-0.25, -0.2) is 0 Å². The molecular formula is C16H19N5O3S. The number of non-ortho nitro benzene ring substituents is 1. The van der Waals surface area contributed by atoms with E-state index in [1.165, 1.54) is 23.9 Å². The summed E-state index contributed by atoms with van der Waals surface area (Å²) in [5, 5.41) is 22.7. The Morgan fingerprint density at radius 2 is 2.20 bits per heavy atom. The zero-order chi connectivity index (χ0) is 18.0. The van der Waals surface area contributed by atoms with Gasteiger partial charge in [-0.2, -0.15) is 0 Å². The van der Waals surface area contributed by atoms with Gasteiger partial charge >= 0.3 is 0 Å². The van der Waals surface area contributed by atoms with E-state index in [4.69, 9.17) is 0 Å². The van der Waals surface area contributed by atoms with Crippen LogP contribution in [-0.2, 0) is 11.3 Å². The summed E-state index contributed by atoms with van der Waals surface area (Å²) in [7, 11) is 0. The number of carbonyl (C=O) groups is 1. The number of carbonyl (C=O) groups excluding carboxylic acids is 1. The third-order valence-corrected chi connectivity index (χ3v) is 5.00. The van der Waals surface area contributed by atoms with Crippen molar-refractivity contribution in [1.82, 2.24) is 14.8 Å². The van der Waals surface area contributed by atoms with Crippen molar-refractivity contribution in [2.24, 2.45) is 0 Å². The van der Waals surface area contributed by atoms with Gasteiger partial charge in [-0.05, 0) is 38.3 Å². The van der Waals surface area contributed by atoms with E-state index in [9.17, 15) is 14.9 Å². The molecule has 1 aliphatic rings. The lowest BCUT2D eigenvalue weighted by Crippen LogP contribution is -2.15. The number of hydrogen-bond acceptors (Lipinski definition) is 6. The van der Waals surface area contributed by atoms with Crippen LogP contribution in [0.5, 0.6) is 0 Å². The van der Waals surface area contributed by atoms with Gasteiger partial charge in [0.15, 0.2) is 5.16 Å².